The average molecular weight is 282 g/mol. The molecule has 17 heavy (non-hydrogen) atoms. The zero-order valence-electron chi connectivity index (χ0n) is 9.47. The third-order valence-electron chi connectivity index (χ3n) is 3.28. The van der Waals surface area contributed by atoms with Crippen molar-refractivity contribution in [3.8, 4) is 0 Å². The Labute approximate surface area is 111 Å². The fourth-order valence-corrected chi connectivity index (χ4v) is 2.33. The van der Waals surface area contributed by atoms with E-state index in [0.717, 1.165) is 0 Å². The summed E-state index contributed by atoms with van der Waals surface area (Å²) in [4.78, 5) is 0. The number of piperidine rings is 1. The summed E-state index contributed by atoms with van der Waals surface area (Å²) in [6.07, 6.45) is 0.423. The van der Waals surface area contributed by atoms with Gasteiger partial charge in [-0.05, 0) is 37.6 Å². The second kappa shape index (κ2) is 5.09. The van der Waals surface area contributed by atoms with Crippen LogP contribution in [0.1, 0.15) is 25.3 Å². The van der Waals surface area contributed by atoms with Crippen molar-refractivity contribution < 1.29 is 8.78 Å². The first-order valence-corrected chi connectivity index (χ1v) is 5.72. The summed E-state index contributed by atoms with van der Waals surface area (Å²) in [5, 5.41) is 3.41. The number of halogens is 4. The van der Waals surface area contributed by atoms with Gasteiger partial charge in [0.25, 0.3) is 5.92 Å². The lowest BCUT2D eigenvalue weighted by molar-refractivity contribution is -0.110. The van der Waals surface area contributed by atoms with E-state index in [4.69, 9.17) is 11.6 Å². The van der Waals surface area contributed by atoms with Crippen molar-refractivity contribution >= 4 is 24.0 Å². The van der Waals surface area contributed by atoms with Crippen molar-refractivity contribution in [2.45, 2.75) is 31.2 Å². The Hall–Kier alpha value is -0.380. The van der Waals surface area contributed by atoms with Gasteiger partial charge in [0, 0.05) is 11.4 Å². The Bertz CT molecular complexity index is 398. The van der Waals surface area contributed by atoms with Crippen LogP contribution in [0.4, 0.5) is 8.78 Å². The molecule has 1 saturated heterocycles. The third kappa shape index (κ3) is 2.56. The van der Waals surface area contributed by atoms with Crippen LogP contribution < -0.4 is 5.32 Å². The van der Waals surface area contributed by atoms with Gasteiger partial charge in [0.05, 0.1) is 0 Å². The molecule has 2 rings (SSSR count). The lowest BCUT2D eigenvalue weighted by Gasteiger charge is -2.42. The number of benzene rings is 1. The van der Waals surface area contributed by atoms with Crippen molar-refractivity contribution in [1.82, 2.24) is 5.32 Å². The molecule has 0 spiro atoms. The Balaban J connectivity index is 0.00000144. The van der Waals surface area contributed by atoms with Crippen LogP contribution >= 0.6 is 24.0 Å². The van der Waals surface area contributed by atoms with Crippen molar-refractivity contribution in [3.05, 3.63) is 34.9 Å². The Morgan fingerprint density at radius 1 is 1.35 bits per heavy atom. The number of hydrogen-bond acceptors (Lipinski definition) is 1. The first-order valence-electron chi connectivity index (χ1n) is 5.35. The highest BCUT2D eigenvalue weighted by atomic mass is 35.5. The largest absolute Gasteiger partial charge is 0.303 e. The highest BCUT2D eigenvalue weighted by Crippen LogP contribution is 2.43. The monoisotopic (exact) mass is 281 g/mol. The van der Waals surface area contributed by atoms with E-state index in [1.54, 1.807) is 24.3 Å². The van der Waals surface area contributed by atoms with Gasteiger partial charge in [-0.3, -0.25) is 0 Å². The summed E-state index contributed by atoms with van der Waals surface area (Å²) < 4.78 is 27.9. The molecule has 96 valence electrons. The smallest absolute Gasteiger partial charge is 0.269 e. The minimum Gasteiger partial charge on any atom is -0.303 e. The molecule has 1 aliphatic rings. The van der Waals surface area contributed by atoms with E-state index >= 15 is 0 Å². The molecule has 1 aromatic carbocycles. The standard InChI is InChI=1S/C12H14ClF2N.ClH/c1-11(9-4-2-5-10(13)8-9)12(14,15)6-3-7-16-11;/h2,4-5,8,16H,3,6-7H2,1H3;1H. The van der Waals surface area contributed by atoms with Gasteiger partial charge in [-0.1, -0.05) is 23.7 Å². The van der Waals surface area contributed by atoms with Gasteiger partial charge in [-0.25, -0.2) is 8.78 Å². The van der Waals surface area contributed by atoms with E-state index in [1.807, 2.05) is 0 Å². The molecule has 1 nitrogen and oxygen atoms in total. The van der Waals surface area contributed by atoms with Gasteiger partial charge in [-0.2, -0.15) is 0 Å². The summed E-state index contributed by atoms with van der Waals surface area (Å²) in [6, 6.07) is 6.69. The molecule has 1 N–H and O–H groups in total. The van der Waals surface area contributed by atoms with Crippen LogP contribution in [0, 0.1) is 0 Å². The molecule has 1 aliphatic heterocycles. The summed E-state index contributed by atoms with van der Waals surface area (Å²) in [7, 11) is 0. The van der Waals surface area contributed by atoms with Crippen LogP contribution in [0.2, 0.25) is 5.02 Å². The molecule has 0 aliphatic carbocycles. The Morgan fingerprint density at radius 3 is 2.65 bits per heavy atom. The van der Waals surface area contributed by atoms with Gasteiger partial charge in [-0.15, -0.1) is 12.4 Å². The molecule has 5 heteroatoms. The second-order valence-electron chi connectivity index (χ2n) is 4.37. The fourth-order valence-electron chi connectivity index (χ4n) is 2.14. The average Bonchev–Trinajstić information content (AvgIpc) is 2.22. The van der Waals surface area contributed by atoms with Crippen molar-refractivity contribution in [1.29, 1.82) is 0 Å². The molecule has 1 fully saturated rings. The van der Waals surface area contributed by atoms with E-state index in [2.05, 4.69) is 5.32 Å². The summed E-state index contributed by atoms with van der Waals surface area (Å²) in [5.41, 5.74) is -0.763. The quantitative estimate of drug-likeness (QED) is 0.821. The van der Waals surface area contributed by atoms with Gasteiger partial charge < -0.3 is 5.32 Å². The lowest BCUT2D eigenvalue weighted by atomic mass is 9.80. The van der Waals surface area contributed by atoms with Crippen LogP contribution in [0.5, 0.6) is 0 Å². The van der Waals surface area contributed by atoms with E-state index in [1.165, 1.54) is 6.92 Å². The molecule has 0 bridgehead atoms. The van der Waals surface area contributed by atoms with E-state index < -0.39 is 11.5 Å². The zero-order chi connectivity index (χ0) is 11.8. The Morgan fingerprint density at radius 2 is 2.06 bits per heavy atom. The van der Waals surface area contributed by atoms with Gasteiger partial charge in [0.15, 0.2) is 0 Å². The number of hydrogen-bond donors (Lipinski definition) is 1. The molecule has 1 heterocycles. The maximum absolute atomic E-state index is 14.0. The van der Waals surface area contributed by atoms with E-state index in [-0.39, 0.29) is 18.8 Å². The molecular formula is C12H15Cl2F2N. The number of alkyl halides is 2. The number of rotatable bonds is 1. The van der Waals surface area contributed by atoms with Gasteiger partial charge in [0.2, 0.25) is 0 Å². The van der Waals surface area contributed by atoms with Gasteiger partial charge in [0.1, 0.15) is 5.54 Å². The first-order chi connectivity index (χ1) is 7.46. The first kappa shape index (κ1) is 14.7. The van der Waals surface area contributed by atoms with Crippen molar-refractivity contribution in [3.63, 3.8) is 0 Å². The molecular weight excluding hydrogens is 267 g/mol. The molecule has 0 radical (unpaired) electrons. The van der Waals surface area contributed by atoms with Crippen LogP contribution in [-0.2, 0) is 5.54 Å². The van der Waals surface area contributed by atoms with Crippen LogP contribution in [-0.4, -0.2) is 12.5 Å². The second-order valence-corrected chi connectivity index (χ2v) is 4.81. The molecule has 1 aromatic rings. The third-order valence-corrected chi connectivity index (χ3v) is 3.51. The van der Waals surface area contributed by atoms with E-state index in [0.29, 0.717) is 23.6 Å². The molecule has 1 atom stereocenters. The maximum Gasteiger partial charge on any atom is 0.269 e. The zero-order valence-corrected chi connectivity index (χ0v) is 11.0. The highest BCUT2D eigenvalue weighted by Gasteiger charge is 2.52. The van der Waals surface area contributed by atoms with Gasteiger partial charge >= 0.3 is 0 Å². The predicted octanol–water partition coefficient (Wildman–Crippen LogP) is 4.00. The van der Waals surface area contributed by atoms with Crippen LogP contribution in [0.3, 0.4) is 0 Å². The highest BCUT2D eigenvalue weighted by molar-refractivity contribution is 6.30. The van der Waals surface area contributed by atoms with Crippen LogP contribution in [0.15, 0.2) is 24.3 Å². The lowest BCUT2D eigenvalue weighted by Crippen LogP contribution is -2.57. The van der Waals surface area contributed by atoms with Crippen LogP contribution in [0.25, 0.3) is 0 Å². The molecule has 0 aromatic heterocycles. The summed E-state index contributed by atoms with van der Waals surface area (Å²) in [5.74, 6) is -2.74. The maximum atomic E-state index is 14.0. The van der Waals surface area contributed by atoms with E-state index in [9.17, 15) is 8.78 Å². The Kier molecular flexibility index (Phi) is 4.39. The summed E-state index contributed by atoms with van der Waals surface area (Å²) in [6.45, 7) is 2.15. The topological polar surface area (TPSA) is 12.0 Å². The predicted molar refractivity (Wildman–Crippen MR) is 68.2 cm³/mol. The SMILES string of the molecule is CC1(c2cccc(Cl)c2)NCCCC1(F)F.Cl. The molecule has 0 amide bonds. The normalized spacial score (nSPS) is 27.3. The van der Waals surface area contributed by atoms with Crippen molar-refractivity contribution in [2.75, 3.05) is 6.54 Å². The molecule has 0 saturated carbocycles. The summed E-state index contributed by atoms with van der Waals surface area (Å²) >= 11 is 5.85. The molecule has 1 unspecified atom stereocenters. The van der Waals surface area contributed by atoms with Crippen molar-refractivity contribution in [2.24, 2.45) is 0 Å². The fraction of sp³-hybridized carbons (Fsp3) is 0.500. The minimum atomic E-state index is -2.74. The minimum absolute atomic E-state index is 0. The number of nitrogens with one attached hydrogen (secondary N) is 1.